The number of rotatable bonds is 4. The van der Waals surface area contributed by atoms with Gasteiger partial charge in [-0.25, -0.2) is 0 Å². The SMILES string of the molecule is c1ccc(-c2ccccc2OC[C@@H]2CO2)cc1. The van der Waals surface area contributed by atoms with E-state index in [4.69, 9.17) is 9.47 Å². The normalized spacial score (nSPS) is 17.8. The van der Waals surface area contributed by atoms with E-state index in [1.54, 1.807) is 0 Å². The lowest BCUT2D eigenvalue weighted by molar-refractivity contribution is 0.264. The maximum atomic E-state index is 5.79. The largest absolute Gasteiger partial charge is 0.490 e. The van der Waals surface area contributed by atoms with Crippen LogP contribution >= 0.6 is 0 Å². The fourth-order valence-electron chi connectivity index (χ4n) is 1.80. The molecule has 2 nitrogen and oxygen atoms in total. The first-order valence-electron chi connectivity index (χ1n) is 5.82. The van der Waals surface area contributed by atoms with Crippen molar-refractivity contribution in [2.75, 3.05) is 13.2 Å². The highest BCUT2D eigenvalue weighted by Crippen LogP contribution is 2.30. The van der Waals surface area contributed by atoms with Gasteiger partial charge in [0.2, 0.25) is 0 Å². The molecule has 0 radical (unpaired) electrons. The molecule has 0 bridgehead atoms. The van der Waals surface area contributed by atoms with Gasteiger partial charge in [0, 0.05) is 5.56 Å². The quantitative estimate of drug-likeness (QED) is 0.747. The summed E-state index contributed by atoms with van der Waals surface area (Å²) in [5.74, 6) is 0.925. The second-order valence-electron chi connectivity index (χ2n) is 4.13. The maximum Gasteiger partial charge on any atom is 0.127 e. The van der Waals surface area contributed by atoms with Crippen LogP contribution in [0, 0.1) is 0 Å². The number of para-hydroxylation sites is 1. The summed E-state index contributed by atoms with van der Waals surface area (Å²) in [6, 6.07) is 18.4. The zero-order chi connectivity index (χ0) is 11.5. The van der Waals surface area contributed by atoms with Crippen molar-refractivity contribution in [1.29, 1.82) is 0 Å². The Balaban J connectivity index is 1.87. The number of hydrogen-bond donors (Lipinski definition) is 0. The molecule has 2 heteroatoms. The van der Waals surface area contributed by atoms with Crippen molar-refractivity contribution in [2.24, 2.45) is 0 Å². The first-order chi connectivity index (χ1) is 8.43. The average molecular weight is 226 g/mol. The van der Waals surface area contributed by atoms with Crippen molar-refractivity contribution < 1.29 is 9.47 Å². The van der Waals surface area contributed by atoms with Crippen molar-refractivity contribution in [3.05, 3.63) is 54.6 Å². The van der Waals surface area contributed by atoms with Gasteiger partial charge in [0.1, 0.15) is 18.5 Å². The lowest BCUT2D eigenvalue weighted by Gasteiger charge is -2.10. The summed E-state index contributed by atoms with van der Waals surface area (Å²) < 4.78 is 10.9. The number of benzene rings is 2. The topological polar surface area (TPSA) is 21.8 Å². The Morgan fingerprint density at radius 3 is 2.47 bits per heavy atom. The van der Waals surface area contributed by atoms with Crippen molar-refractivity contribution in [1.82, 2.24) is 0 Å². The summed E-state index contributed by atoms with van der Waals surface area (Å²) in [5.41, 5.74) is 2.31. The Morgan fingerprint density at radius 1 is 1.00 bits per heavy atom. The highest BCUT2D eigenvalue weighted by molar-refractivity contribution is 5.70. The summed E-state index contributed by atoms with van der Waals surface area (Å²) >= 11 is 0. The average Bonchev–Trinajstić information content (AvgIpc) is 3.22. The minimum absolute atomic E-state index is 0.291. The summed E-state index contributed by atoms with van der Waals surface area (Å²) in [6.07, 6.45) is 0.291. The number of epoxide rings is 1. The van der Waals surface area contributed by atoms with Gasteiger partial charge in [0.25, 0.3) is 0 Å². The monoisotopic (exact) mass is 226 g/mol. The molecule has 0 saturated carbocycles. The van der Waals surface area contributed by atoms with Gasteiger partial charge in [0.05, 0.1) is 6.61 Å². The van der Waals surface area contributed by atoms with E-state index >= 15 is 0 Å². The Hall–Kier alpha value is -1.80. The molecular formula is C15H14O2. The van der Waals surface area contributed by atoms with E-state index in [1.807, 2.05) is 36.4 Å². The highest BCUT2D eigenvalue weighted by Gasteiger charge is 2.23. The predicted molar refractivity (Wildman–Crippen MR) is 67.1 cm³/mol. The van der Waals surface area contributed by atoms with Crippen molar-refractivity contribution >= 4 is 0 Å². The Morgan fingerprint density at radius 2 is 1.71 bits per heavy atom. The molecule has 1 fully saturated rings. The fraction of sp³-hybridized carbons (Fsp3) is 0.200. The fourth-order valence-corrected chi connectivity index (χ4v) is 1.80. The van der Waals surface area contributed by atoms with Crippen LogP contribution in [0.5, 0.6) is 5.75 Å². The van der Waals surface area contributed by atoms with Crippen LogP contribution in [0.25, 0.3) is 11.1 Å². The molecular weight excluding hydrogens is 212 g/mol. The summed E-state index contributed by atoms with van der Waals surface area (Å²) in [7, 11) is 0. The molecule has 86 valence electrons. The molecule has 0 spiro atoms. The molecule has 2 aromatic rings. The number of hydrogen-bond acceptors (Lipinski definition) is 2. The molecule has 0 unspecified atom stereocenters. The molecule has 1 aliphatic heterocycles. The summed E-state index contributed by atoms with van der Waals surface area (Å²) in [6.45, 7) is 1.47. The first kappa shape index (κ1) is 10.4. The molecule has 0 aliphatic carbocycles. The van der Waals surface area contributed by atoms with Crippen LogP contribution in [0.1, 0.15) is 0 Å². The van der Waals surface area contributed by atoms with E-state index in [9.17, 15) is 0 Å². The second-order valence-corrected chi connectivity index (χ2v) is 4.13. The van der Waals surface area contributed by atoms with Gasteiger partial charge in [-0.05, 0) is 11.6 Å². The van der Waals surface area contributed by atoms with E-state index in [-0.39, 0.29) is 0 Å². The lowest BCUT2D eigenvalue weighted by Crippen LogP contribution is -2.04. The van der Waals surface area contributed by atoms with E-state index in [1.165, 1.54) is 5.56 Å². The van der Waals surface area contributed by atoms with Crippen LogP contribution < -0.4 is 4.74 Å². The molecule has 3 rings (SSSR count). The van der Waals surface area contributed by atoms with Gasteiger partial charge in [-0.1, -0.05) is 48.5 Å². The standard InChI is InChI=1S/C15H14O2/c1-2-6-12(7-3-1)14-8-4-5-9-15(14)17-11-13-10-16-13/h1-9,13H,10-11H2/t13-/m0/s1. The minimum Gasteiger partial charge on any atom is -0.490 e. The third-order valence-corrected chi connectivity index (χ3v) is 2.80. The van der Waals surface area contributed by atoms with Crippen LogP contribution in [-0.4, -0.2) is 19.3 Å². The minimum atomic E-state index is 0.291. The van der Waals surface area contributed by atoms with Crippen LogP contribution in [-0.2, 0) is 4.74 Å². The van der Waals surface area contributed by atoms with Gasteiger partial charge in [-0.15, -0.1) is 0 Å². The van der Waals surface area contributed by atoms with Gasteiger partial charge in [0.15, 0.2) is 0 Å². The van der Waals surface area contributed by atoms with Gasteiger partial charge in [-0.3, -0.25) is 0 Å². The predicted octanol–water partition coefficient (Wildman–Crippen LogP) is 3.13. The van der Waals surface area contributed by atoms with Crippen molar-refractivity contribution in [2.45, 2.75) is 6.10 Å². The van der Waals surface area contributed by atoms with E-state index in [0.717, 1.165) is 17.9 Å². The van der Waals surface area contributed by atoms with Crippen LogP contribution in [0.2, 0.25) is 0 Å². The summed E-state index contributed by atoms with van der Waals surface area (Å²) in [5, 5.41) is 0. The van der Waals surface area contributed by atoms with Crippen LogP contribution in [0.3, 0.4) is 0 Å². The van der Waals surface area contributed by atoms with E-state index in [0.29, 0.717) is 12.7 Å². The first-order valence-corrected chi connectivity index (χ1v) is 5.82. The zero-order valence-electron chi connectivity index (χ0n) is 9.50. The van der Waals surface area contributed by atoms with Gasteiger partial charge in [-0.2, -0.15) is 0 Å². The van der Waals surface area contributed by atoms with E-state index < -0.39 is 0 Å². The van der Waals surface area contributed by atoms with Crippen molar-refractivity contribution in [3.8, 4) is 16.9 Å². The Labute approximate surface area is 101 Å². The molecule has 1 aliphatic rings. The maximum absolute atomic E-state index is 5.79. The summed E-state index contributed by atoms with van der Waals surface area (Å²) in [4.78, 5) is 0. The molecule has 1 saturated heterocycles. The smallest absolute Gasteiger partial charge is 0.127 e. The molecule has 0 N–H and O–H groups in total. The zero-order valence-corrected chi connectivity index (χ0v) is 9.50. The van der Waals surface area contributed by atoms with Crippen LogP contribution in [0.15, 0.2) is 54.6 Å². The number of ether oxygens (including phenoxy) is 2. The molecule has 1 heterocycles. The Bertz CT molecular complexity index is 489. The molecule has 0 aromatic heterocycles. The Kier molecular flexibility index (Phi) is 2.80. The lowest BCUT2D eigenvalue weighted by atomic mass is 10.1. The van der Waals surface area contributed by atoms with Crippen LogP contribution in [0.4, 0.5) is 0 Å². The molecule has 1 atom stereocenters. The molecule has 2 aromatic carbocycles. The van der Waals surface area contributed by atoms with Gasteiger partial charge < -0.3 is 9.47 Å². The molecule has 17 heavy (non-hydrogen) atoms. The third-order valence-electron chi connectivity index (χ3n) is 2.80. The highest BCUT2D eigenvalue weighted by atomic mass is 16.6. The third kappa shape index (κ3) is 2.48. The van der Waals surface area contributed by atoms with Gasteiger partial charge >= 0.3 is 0 Å². The second kappa shape index (κ2) is 4.60. The van der Waals surface area contributed by atoms with Crippen molar-refractivity contribution in [3.63, 3.8) is 0 Å². The molecule has 0 amide bonds. The van der Waals surface area contributed by atoms with E-state index in [2.05, 4.69) is 18.2 Å².